The molecular formula is C22H28N8O. The predicted molar refractivity (Wildman–Crippen MR) is 120 cm³/mol. The van der Waals surface area contributed by atoms with E-state index in [4.69, 9.17) is 9.52 Å². The lowest BCUT2D eigenvalue weighted by Gasteiger charge is -2.33. The molecule has 0 aromatic carbocycles. The lowest BCUT2D eigenvalue weighted by atomic mass is 10.1. The standard InChI is InChI=1S/C22H28N8O/c1-2-23-22(27-17-10-15-30(16-11-17)20-8-4-6-13-25-20)26-14-9-19-28-21(31-29-19)18-7-3-5-12-24-18/h3-8,12-13,17H,2,9-11,14-16H2,1H3,(H2,23,26,27). The van der Waals surface area contributed by atoms with Crippen LogP contribution < -0.4 is 15.5 Å². The first-order valence-electron chi connectivity index (χ1n) is 10.8. The summed E-state index contributed by atoms with van der Waals surface area (Å²) in [5.74, 6) is 2.94. The Bertz CT molecular complexity index is 952. The van der Waals surface area contributed by atoms with Gasteiger partial charge in [-0.1, -0.05) is 17.3 Å². The second-order valence-corrected chi connectivity index (χ2v) is 7.33. The van der Waals surface area contributed by atoms with Gasteiger partial charge in [0.15, 0.2) is 11.8 Å². The molecule has 0 bridgehead atoms. The zero-order valence-electron chi connectivity index (χ0n) is 17.7. The smallest absolute Gasteiger partial charge is 0.276 e. The highest BCUT2D eigenvalue weighted by Gasteiger charge is 2.20. The van der Waals surface area contributed by atoms with Crippen molar-refractivity contribution in [2.75, 3.05) is 31.1 Å². The predicted octanol–water partition coefficient (Wildman–Crippen LogP) is 2.29. The van der Waals surface area contributed by atoms with Gasteiger partial charge in [-0.15, -0.1) is 0 Å². The van der Waals surface area contributed by atoms with E-state index in [1.807, 2.05) is 36.5 Å². The van der Waals surface area contributed by atoms with E-state index in [0.29, 0.717) is 36.4 Å². The zero-order chi connectivity index (χ0) is 21.3. The van der Waals surface area contributed by atoms with Gasteiger partial charge in [-0.3, -0.25) is 9.98 Å². The third-order valence-electron chi connectivity index (χ3n) is 5.11. The minimum absolute atomic E-state index is 0.388. The van der Waals surface area contributed by atoms with Gasteiger partial charge in [0.05, 0.1) is 0 Å². The minimum atomic E-state index is 0.388. The van der Waals surface area contributed by atoms with Crippen LogP contribution in [0.5, 0.6) is 0 Å². The molecule has 1 aliphatic rings. The zero-order valence-corrected chi connectivity index (χ0v) is 17.7. The normalized spacial score (nSPS) is 15.1. The van der Waals surface area contributed by atoms with Crippen molar-refractivity contribution >= 4 is 11.8 Å². The largest absolute Gasteiger partial charge is 0.357 e. The van der Waals surface area contributed by atoms with Gasteiger partial charge in [0, 0.05) is 51.0 Å². The van der Waals surface area contributed by atoms with E-state index in [1.165, 1.54) is 0 Å². The van der Waals surface area contributed by atoms with Crippen LogP contribution in [0.1, 0.15) is 25.6 Å². The molecular weight excluding hydrogens is 392 g/mol. The maximum absolute atomic E-state index is 5.31. The number of anilines is 1. The third kappa shape index (κ3) is 5.78. The Balaban J connectivity index is 1.27. The quantitative estimate of drug-likeness (QED) is 0.443. The van der Waals surface area contributed by atoms with Gasteiger partial charge in [0.2, 0.25) is 0 Å². The summed E-state index contributed by atoms with van der Waals surface area (Å²) < 4.78 is 5.31. The summed E-state index contributed by atoms with van der Waals surface area (Å²) in [5.41, 5.74) is 0.678. The van der Waals surface area contributed by atoms with Crippen molar-refractivity contribution in [2.24, 2.45) is 4.99 Å². The third-order valence-corrected chi connectivity index (χ3v) is 5.11. The summed E-state index contributed by atoms with van der Waals surface area (Å²) in [6.07, 6.45) is 6.24. The van der Waals surface area contributed by atoms with Crippen LogP contribution in [0.3, 0.4) is 0 Å². The van der Waals surface area contributed by atoms with E-state index < -0.39 is 0 Å². The van der Waals surface area contributed by atoms with Crippen LogP contribution in [0.4, 0.5) is 5.82 Å². The van der Waals surface area contributed by atoms with Crippen molar-refractivity contribution in [2.45, 2.75) is 32.2 Å². The Hall–Kier alpha value is -3.49. The molecule has 9 heteroatoms. The molecule has 9 nitrogen and oxygen atoms in total. The number of hydrogen-bond donors (Lipinski definition) is 2. The van der Waals surface area contributed by atoms with Gasteiger partial charge in [0.1, 0.15) is 11.5 Å². The molecule has 1 aliphatic heterocycles. The summed E-state index contributed by atoms with van der Waals surface area (Å²) in [6.45, 7) is 5.41. The topological polar surface area (TPSA) is 104 Å². The highest BCUT2D eigenvalue weighted by molar-refractivity contribution is 5.80. The monoisotopic (exact) mass is 420 g/mol. The van der Waals surface area contributed by atoms with E-state index in [1.54, 1.807) is 6.20 Å². The Morgan fingerprint density at radius 3 is 2.65 bits per heavy atom. The van der Waals surface area contributed by atoms with Crippen LogP contribution in [0.25, 0.3) is 11.6 Å². The van der Waals surface area contributed by atoms with Crippen molar-refractivity contribution in [3.05, 3.63) is 54.6 Å². The van der Waals surface area contributed by atoms with E-state index in [0.717, 1.165) is 44.3 Å². The van der Waals surface area contributed by atoms with Gasteiger partial charge < -0.3 is 20.1 Å². The summed E-state index contributed by atoms with van der Waals surface area (Å²) >= 11 is 0. The van der Waals surface area contributed by atoms with Gasteiger partial charge in [0.25, 0.3) is 5.89 Å². The van der Waals surface area contributed by atoms with Crippen molar-refractivity contribution < 1.29 is 4.52 Å². The Kier molecular flexibility index (Phi) is 7.04. The SMILES string of the molecule is CCNC(=NCCc1noc(-c2ccccn2)n1)NC1CCN(c2ccccn2)CC1. The molecule has 0 atom stereocenters. The van der Waals surface area contributed by atoms with E-state index in [2.05, 4.69) is 48.6 Å². The number of nitrogens with one attached hydrogen (secondary N) is 2. The van der Waals surface area contributed by atoms with Crippen LogP contribution >= 0.6 is 0 Å². The molecule has 0 saturated carbocycles. The first-order chi connectivity index (χ1) is 15.3. The number of nitrogens with zero attached hydrogens (tertiary/aromatic N) is 6. The number of guanidine groups is 1. The van der Waals surface area contributed by atoms with Crippen molar-refractivity contribution in [1.29, 1.82) is 0 Å². The summed E-state index contributed by atoms with van der Waals surface area (Å²) in [6, 6.07) is 12.0. The average Bonchev–Trinajstić information content (AvgIpc) is 3.30. The fourth-order valence-corrected chi connectivity index (χ4v) is 3.52. The maximum atomic E-state index is 5.31. The van der Waals surface area contributed by atoms with Gasteiger partial charge in [-0.25, -0.2) is 4.98 Å². The number of hydrogen-bond acceptors (Lipinski definition) is 7. The molecule has 0 aliphatic carbocycles. The highest BCUT2D eigenvalue weighted by atomic mass is 16.5. The number of rotatable bonds is 7. The molecule has 0 unspecified atom stereocenters. The van der Waals surface area contributed by atoms with Crippen molar-refractivity contribution in [3.8, 4) is 11.6 Å². The highest BCUT2D eigenvalue weighted by Crippen LogP contribution is 2.17. The minimum Gasteiger partial charge on any atom is -0.357 e. The van der Waals surface area contributed by atoms with Crippen molar-refractivity contribution in [3.63, 3.8) is 0 Å². The molecule has 3 aromatic rings. The Morgan fingerprint density at radius 1 is 1.13 bits per heavy atom. The first kappa shape index (κ1) is 20.8. The van der Waals surface area contributed by atoms with Crippen LogP contribution in [0.15, 0.2) is 58.3 Å². The van der Waals surface area contributed by atoms with Crippen LogP contribution in [0, 0.1) is 0 Å². The second-order valence-electron chi connectivity index (χ2n) is 7.33. The fraction of sp³-hybridized carbons (Fsp3) is 0.409. The van der Waals surface area contributed by atoms with Crippen LogP contribution in [0.2, 0.25) is 0 Å². The number of pyridine rings is 2. The lowest BCUT2D eigenvalue weighted by molar-refractivity contribution is 0.421. The number of aliphatic imine (C=N–C) groups is 1. The number of piperidine rings is 1. The molecule has 162 valence electrons. The Labute approximate surface area is 182 Å². The Morgan fingerprint density at radius 2 is 1.94 bits per heavy atom. The molecule has 1 fully saturated rings. The number of aromatic nitrogens is 4. The lowest BCUT2D eigenvalue weighted by Crippen LogP contribution is -2.49. The summed E-state index contributed by atoms with van der Waals surface area (Å²) in [7, 11) is 0. The second kappa shape index (κ2) is 10.5. The molecule has 4 rings (SSSR count). The van der Waals surface area contributed by atoms with Crippen molar-refractivity contribution in [1.82, 2.24) is 30.7 Å². The molecule has 0 spiro atoms. The fourth-order valence-electron chi connectivity index (χ4n) is 3.52. The van der Waals surface area contributed by atoms with Crippen LogP contribution in [-0.4, -0.2) is 58.3 Å². The van der Waals surface area contributed by atoms with E-state index in [-0.39, 0.29) is 0 Å². The summed E-state index contributed by atoms with van der Waals surface area (Å²) in [5, 5.41) is 10.9. The molecule has 0 amide bonds. The molecule has 0 radical (unpaired) electrons. The van der Waals surface area contributed by atoms with Gasteiger partial charge >= 0.3 is 0 Å². The van der Waals surface area contributed by atoms with E-state index in [9.17, 15) is 0 Å². The molecule has 31 heavy (non-hydrogen) atoms. The molecule has 4 heterocycles. The molecule has 1 saturated heterocycles. The van der Waals surface area contributed by atoms with Crippen LogP contribution in [-0.2, 0) is 6.42 Å². The maximum Gasteiger partial charge on any atom is 0.276 e. The summed E-state index contributed by atoms with van der Waals surface area (Å²) in [4.78, 5) is 20.1. The molecule has 3 aromatic heterocycles. The first-order valence-corrected chi connectivity index (χ1v) is 10.8. The molecule has 2 N–H and O–H groups in total. The average molecular weight is 421 g/mol. The van der Waals surface area contributed by atoms with E-state index >= 15 is 0 Å². The van der Waals surface area contributed by atoms with Gasteiger partial charge in [-0.05, 0) is 44.0 Å². The van der Waals surface area contributed by atoms with Gasteiger partial charge in [-0.2, -0.15) is 4.98 Å².